The van der Waals surface area contributed by atoms with Crippen molar-refractivity contribution >= 4 is 26.6 Å². The number of hydrogen-bond donors (Lipinski definition) is 2. The van der Waals surface area contributed by atoms with Crippen molar-refractivity contribution in [3.05, 3.63) is 59.8 Å². The van der Waals surface area contributed by atoms with Crippen LogP contribution in [-0.2, 0) is 15.3 Å². The molecule has 0 aliphatic carbocycles. The zero-order valence-corrected chi connectivity index (χ0v) is 16.1. The smallest absolute Gasteiger partial charge is 0.253 e. The van der Waals surface area contributed by atoms with E-state index in [1.807, 2.05) is 12.1 Å². The van der Waals surface area contributed by atoms with Gasteiger partial charge in [0.25, 0.3) is 5.91 Å². The summed E-state index contributed by atoms with van der Waals surface area (Å²) in [4.78, 5) is 15.4. The van der Waals surface area contributed by atoms with Gasteiger partial charge in [-0.25, -0.2) is 8.42 Å². The standard InChI is InChI=1S/C20H22N2O3S/c1-20(2,3)13-8-10-14(11-9-13)26(24,25)17-12-22-18-15(17)6-5-7-16(18)19(23)21-4/h5-12,22H,1-4H3,(H,21,23). The average molecular weight is 370 g/mol. The van der Waals surface area contributed by atoms with Gasteiger partial charge in [0.2, 0.25) is 9.84 Å². The summed E-state index contributed by atoms with van der Waals surface area (Å²) in [6.45, 7) is 6.24. The van der Waals surface area contributed by atoms with Crippen molar-refractivity contribution in [2.45, 2.75) is 36.0 Å². The lowest BCUT2D eigenvalue weighted by atomic mass is 9.87. The maximum atomic E-state index is 13.1. The van der Waals surface area contributed by atoms with Crippen LogP contribution in [0.25, 0.3) is 10.9 Å². The fourth-order valence-corrected chi connectivity index (χ4v) is 4.36. The van der Waals surface area contributed by atoms with E-state index in [4.69, 9.17) is 0 Å². The predicted molar refractivity (Wildman–Crippen MR) is 102 cm³/mol. The number of sulfone groups is 1. The fourth-order valence-electron chi connectivity index (χ4n) is 2.94. The molecule has 2 aromatic carbocycles. The summed E-state index contributed by atoms with van der Waals surface area (Å²) in [5.41, 5.74) is 1.94. The predicted octanol–water partition coefficient (Wildman–Crippen LogP) is 3.66. The number of para-hydroxylation sites is 1. The van der Waals surface area contributed by atoms with Crippen LogP contribution in [0.15, 0.2) is 58.5 Å². The van der Waals surface area contributed by atoms with E-state index in [0.717, 1.165) is 5.56 Å². The molecule has 1 aromatic heterocycles. The third-order valence-corrected chi connectivity index (χ3v) is 6.28. The molecule has 0 unspecified atom stereocenters. The molecule has 0 fully saturated rings. The highest BCUT2D eigenvalue weighted by Gasteiger charge is 2.24. The second-order valence-corrected chi connectivity index (χ2v) is 9.16. The second kappa shape index (κ2) is 6.29. The zero-order valence-electron chi connectivity index (χ0n) is 15.3. The van der Waals surface area contributed by atoms with Crippen molar-refractivity contribution in [2.24, 2.45) is 0 Å². The van der Waals surface area contributed by atoms with E-state index in [-0.39, 0.29) is 21.1 Å². The van der Waals surface area contributed by atoms with Gasteiger partial charge in [-0.05, 0) is 29.2 Å². The summed E-state index contributed by atoms with van der Waals surface area (Å²) in [6, 6.07) is 12.0. The molecule has 0 radical (unpaired) electrons. The molecule has 0 bridgehead atoms. The van der Waals surface area contributed by atoms with Crippen molar-refractivity contribution in [3.8, 4) is 0 Å². The monoisotopic (exact) mass is 370 g/mol. The minimum Gasteiger partial charge on any atom is -0.359 e. The minimum absolute atomic E-state index is 0.0501. The Balaban J connectivity index is 2.12. The number of aromatic nitrogens is 1. The number of hydrogen-bond acceptors (Lipinski definition) is 3. The molecule has 0 saturated carbocycles. The van der Waals surface area contributed by atoms with Crippen molar-refractivity contribution in [2.75, 3.05) is 7.05 Å². The maximum absolute atomic E-state index is 13.1. The molecule has 0 saturated heterocycles. The quantitative estimate of drug-likeness (QED) is 0.738. The molecular formula is C20H22N2O3S. The molecule has 0 spiro atoms. The first-order valence-electron chi connectivity index (χ1n) is 8.34. The van der Waals surface area contributed by atoms with Gasteiger partial charge in [0, 0.05) is 18.6 Å². The highest BCUT2D eigenvalue weighted by Crippen LogP contribution is 2.31. The molecule has 0 atom stereocenters. The van der Waals surface area contributed by atoms with Crippen LogP contribution >= 0.6 is 0 Å². The largest absolute Gasteiger partial charge is 0.359 e. The Kier molecular flexibility index (Phi) is 4.40. The van der Waals surface area contributed by atoms with Gasteiger partial charge in [-0.2, -0.15) is 0 Å². The van der Waals surface area contributed by atoms with Gasteiger partial charge >= 0.3 is 0 Å². The number of aromatic amines is 1. The lowest BCUT2D eigenvalue weighted by Gasteiger charge is -2.19. The van der Waals surface area contributed by atoms with Gasteiger partial charge in [-0.15, -0.1) is 0 Å². The van der Waals surface area contributed by atoms with E-state index in [9.17, 15) is 13.2 Å². The first-order valence-corrected chi connectivity index (χ1v) is 9.82. The van der Waals surface area contributed by atoms with Crippen LogP contribution in [0.4, 0.5) is 0 Å². The van der Waals surface area contributed by atoms with Crippen LogP contribution in [0.1, 0.15) is 36.7 Å². The van der Waals surface area contributed by atoms with Crippen LogP contribution in [0.2, 0.25) is 0 Å². The lowest BCUT2D eigenvalue weighted by molar-refractivity contribution is 0.0964. The summed E-state index contributed by atoms with van der Waals surface area (Å²) in [5.74, 6) is -0.268. The van der Waals surface area contributed by atoms with Gasteiger partial charge in [-0.1, -0.05) is 45.0 Å². The second-order valence-electron chi connectivity index (χ2n) is 7.24. The molecule has 2 N–H and O–H groups in total. The Hall–Kier alpha value is -2.60. The fraction of sp³-hybridized carbons (Fsp3) is 0.250. The van der Waals surface area contributed by atoms with E-state index in [1.165, 1.54) is 6.20 Å². The summed E-state index contributed by atoms with van der Waals surface area (Å²) in [5, 5.41) is 3.07. The van der Waals surface area contributed by atoms with Crippen LogP contribution < -0.4 is 5.32 Å². The van der Waals surface area contributed by atoms with Crippen molar-refractivity contribution < 1.29 is 13.2 Å². The first kappa shape index (κ1) is 18.2. The highest BCUT2D eigenvalue weighted by molar-refractivity contribution is 7.91. The third-order valence-electron chi connectivity index (χ3n) is 4.47. The van der Waals surface area contributed by atoms with Crippen molar-refractivity contribution in [1.82, 2.24) is 10.3 Å². The number of fused-ring (bicyclic) bond motifs is 1. The molecule has 1 amide bonds. The zero-order chi connectivity index (χ0) is 19.1. The average Bonchev–Trinajstić information content (AvgIpc) is 3.05. The number of benzene rings is 2. The van der Waals surface area contributed by atoms with E-state index in [2.05, 4.69) is 31.1 Å². The van der Waals surface area contributed by atoms with E-state index >= 15 is 0 Å². The van der Waals surface area contributed by atoms with Crippen molar-refractivity contribution in [3.63, 3.8) is 0 Å². The van der Waals surface area contributed by atoms with Gasteiger partial charge in [-0.3, -0.25) is 4.79 Å². The Morgan fingerprint density at radius 2 is 1.69 bits per heavy atom. The topological polar surface area (TPSA) is 79.0 Å². The molecule has 5 nitrogen and oxygen atoms in total. The van der Waals surface area contributed by atoms with E-state index < -0.39 is 9.84 Å². The summed E-state index contributed by atoms with van der Waals surface area (Å²) < 4.78 is 26.2. The number of carbonyl (C=O) groups excluding carboxylic acids is 1. The van der Waals surface area contributed by atoms with Crippen LogP contribution in [0.5, 0.6) is 0 Å². The first-order chi connectivity index (χ1) is 12.2. The van der Waals surface area contributed by atoms with Gasteiger partial charge in [0.15, 0.2) is 0 Å². The maximum Gasteiger partial charge on any atom is 0.253 e. The van der Waals surface area contributed by atoms with E-state index in [1.54, 1.807) is 37.4 Å². The molecule has 1 heterocycles. The minimum atomic E-state index is -3.70. The van der Waals surface area contributed by atoms with Crippen LogP contribution in [0, 0.1) is 0 Å². The highest BCUT2D eigenvalue weighted by atomic mass is 32.2. The number of rotatable bonds is 3. The summed E-state index contributed by atoms with van der Waals surface area (Å²) in [6.07, 6.45) is 1.45. The number of H-pyrrole nitrogens is 1. The van der Waals surface area contributed by atoms with Gasteiger partial charge < -0.3 is 10.3 Å². The number of nitrogens with one attached hydrogen (secondary N) is 2. The molecule has 6 heteroatoms. The van der Waals surface area contributed by atoms with E-state index in [0.29, 0.717) is 16.5 Å². The van der Waals surface area contributed by atoms with Gasteiger partial charge in [0.1, 0.15) is 0 Å². The number of amides is 1. The normalized spacial score (nSPS) is 12.3. The third kappa shape index (κ3) is 3.01. The molecule has 3 aromatic rings. The summed E-state index contributed by atoms with van der Waals surface area (Å²) in [7, 11) is -2.16. The molecule has 0 aliphatic rings. The summed E-state index contributed by atoms with van der Waals surface area (Å²) >= 11 is 0. The van der Waals surface area contributed by atoms with Crippen LogP contribution in [0.3, 0.4) is 0 Å². The Labute approximate surface area is 153 Å². The SMILES string of the molecule is CNC(=O)c1cccc2c(S(=O)(=O)c3ccc(C(C)(C)C)cc3)c[nH]c12. The molecule has 136 valence electrons. The molecule has 0 aliphatic heterocycles. The Morgan fingerprint density at radius 3 is 2.27 bits per heavy atom. The number of carbonyl (C=O) groups is 1. The van der Waals surface area contributed by atoms with Crippen molar-refractivity contribution in [1.29, 1.82) is 0 Å². The Morgan fingerprint density at radius 1 is 1.04 bits per heavy atom. The van der Waals surface area contributed by atoms with Gasteiger partial charge in [0.05, 0.1) is 20.9 Å². The molecule has 3 rings (SSSR count). The lowest BCUT2D eigenvalue weighted by Crippen LogP contribution is -2.18. The Bertz CT molecular complexity index is 1070. The molecule has 26 heavy (non-hydrogen) atoms. The van der Waals surface area contributed by atoms with Crippen LogP contribution in [-0.4, -0.2) is 26.4 Å². The molecular weight excluding hydrogens is 348 g/mol.